The maximum Gasteiger partial charge on any atom is 0.259 e. The Labute approximate surface area is 179 Å². The molecule has 0 aliphatic rings. The number of fused-ring (bicyclic) bond motifs is 1. The predicted octanol–water partition coefficient (Wildman–Crippen LogP) is 3.57. The first-order valence-electron chi connectivity index (χ1n) is 10.4. The largest absolute Gasteiger partial charge is 0.356 e. The summed E-state index contributed by atoms with van der Waals surface area (Å²) in [5.74, 6) is 0.665. The molecule has 4 rings (SSSR count). The van der Waals surface area contributed by atoms with Gasteiger partial charge in [0.25, 0.3) is 5.56 Å². The van der Waals surface area contributed by atoms with Crippen molar-refractivity contribution < 1.29 is 9.32 Å². The molecular formula is C24H24N4O3. The molecule has 0 unspecified atom stereocenters. The van der Waals surface area contributed by atoms with E-state index in [4.69, 9.17) is 4.52 Å². The Morgan fingerprint density at radius 2 is 1.94 bits per heavy atom. The number of benzene rings is 2. The van der Waals surface area contributed by atoms with Crippen molar-refractivity contribution in [3.63, 3.8) is 0 Å². The molecule has 0 fully saturated rings. The van der Waals surface area contributed by atoms with Gasteiger partial charge in [0.05, 0.1) is 5.56 Å². The number of amides is 1. The molecule has 0 saturated carbocycles. The van der Waals surface area contributed by atoms with Gasteiger partial charge in [-0.25, -0.2) is 0 Å². The summed E-state index contributed by atoms with van der Waals surface area (Å²) in [5.41, 5.74) is 3.14. The summed E-state index contributed by atoms with van der Waals surface area (Å²) in [6, 6.07) is 17.7. The second-order valence-electron chi connectivity index (χ2n) is 7.55. The lowest BCUT2D eigenvalue weighted by Gasteiger charge is -2.04. The highest BCUT2D eigenvalue weighted by atomic mass is 16.5. The van der Waals surface area contributed by atoms with E-state index in [2.05, 4.69) is 20.4 Å². The van der Waals surface area contributed by atoms with E-state index in [9.17, 15) is 9.59 Å². The van der Waals surface area contributed by atoms with Crippen molar-refractivity contribution in [3.05, 3.63) is 82.0 Å². The third-order valence-electron chi connectivity index (χ3n) is 5.08. The van der Waals surface area contributed by atoms with Crippen LogP contribution in [0.2, 0.25) is 0 Å². The molecule has 0 spiro atoms. The number of carbonyl (C=O) groups is 1. The zero-order valence-electron chi connectivity index (χ0n) is 17.4. The number of H-pyrrole nitrogens is 1. The topological polar surface area (TPSA) is 101 Å². The van der Waals surface area contributed by atoms with Crippen molar-refractivity contribution in [2.45, 2.75) is 32.6 Å². The Hall–Kier alpha value is -3.74. The molecule has 0 radical (unpaired) electrons. The van der Waals surface area contributed by atoms with Gasteiger partial charge in [-0.3, -0.25) is 9.59 Å². The van der Waals surface area contributed by atoms with Crippen LogP contribution in [0.3, 0.4) is 0 Å². The minimum absolute atomic E-state index is 0.00284. The number of aromatic nitrogens is 3. The molecule has 2 aromatic carbocycles. The van der Waals surface area contributed by atoms with Crippen molar-refractivity contribution in [1.82, 2.24) is 20.4 Å². The first-order chi connectivity index (χ1) is 15.1. The van der Waals surface area contributed by atoms with Crippen LogP contribution in [0.1, 0.15) is 29.9 Å². The van der Waals surface area contributed by atoms with E-state index in [1.807, 2.05) is 55.5 Å². The molecule has 31 heavy (non-hydrogen) atoms. The second-order valence-corrected chi connectivity index (χ2v) is 7.55. The second kappa shape index (κ2) is 9.38. The Kier molecular flexibility index (Phi) is 6.21. The fourth-order valence-corrected chi connectivity index (χ4v) is 3.43. The van der Waals surface area contributed by atoms with Crippen LogP contribution in [-0.4, -0.2) is 27.6 Å². The SMILES string of the molecule is Cc1ccc2cc(-c3noc(CCCC(=O)NCCc4ccccc4)n3)c(=O)[nH]c2c1. The monoisotopic (exact) mass is 416 g/mol. The van der Waals surface area contributed by atoms with Crippen LogP contribution >= 0.6 is 0 Å². The summed E-state index contributed by atoms with van der Waals surface area (Å²) in [7, 11) is 0. The summed E-state index contributed by atoms with van der Waals surface area (Å²) < 4.78 is 5.28. The fourth-order valence-electron chi connectivity index (χ4n) is 3.43. The number of hydrogen-bond acceptors (Lipinski definition) is 5. The molecule has 4 aromatic rings. The van der Waals surface area contributed by atoms with E-state index in [0.717, 1.165) is 22.9 Å². The first kappa shape index (κ1) is 20.5. The Morgan fingerprint density at radius 3 is 2.77 bits per heavy atom. The standard InChI is InChI=1S/C24H24N4O3/c1-16-10-11-18-15-19(24(30)26-20(18)14-16)23-27-22(31-28-23)9-5-8-21(29)25-13-12-17-6-3-2-4-7-17/h2-4,6-7,10-11,14-15H,5,8-9,12-13H2,1H3,(H,25,29)(H,26,30). The van der Waals surface area contributed by atoms with E-state index in [1.165, 1.54) is 5.56 Å². The van der Waals surface area contributed by atoms with Crippen molar-refractivity contribution in [3.8, 4) is 11.4 Å². The van der Waals surface area contributed by atoms with Crippen LogP contribution in [0.5, 0.6) is 0 Å². The highest BCUT2D eigenvalue weighted by molar-refractivity contribution is 5.82. The number of carbonyl (C=O) groups excluding carboxylic acids is 1. The van der Waals surface area contributed by atoms with E-state index >= 15 is 0 Å². The molecule has 1 amide bonds. The van der Waals surface area contributed by atoms with Gasteiger partial charge in [-0.05, 0) is 48.4 Å². The number of aryl methyl sites for hydroxylation is 2. The van der Waals surface area contributed by atoms with Crippen molar-refractivity contribution >= 4 is 16.8 Å². The lowest BCUT2D eigenvalue weighted by molar-refractivity contribution is -0.121. The molecule has 0 bridgehead atoms. The number of pyridine rings is 1. The summed E-state index contributed by atoms with van der Waals surface area (Å²) in [6.45, 7) is 2.58. The lowest BCUT2D eigenvalue weighted by Crippen LogP contribution is -2.25. The molecule has 0 aliphatic heterocycles. The number of rotatable bonds is 8. The smallest absolute Gasteiger partial charge is 0.259 e. The molecule has 2 aromatic heterocycles. The molecule has 7 heteroatoms. The number of nitrogens with one attached hydrogen (secondary N) is 2. The zero-order chi connectivity index (χ0) is 21.6. The van der Waals surface area contributed by atoms with Gasteiger partial charge in [0, 0.05) is 24.9 Å². The van der Waals surface area contributed by atoms with Crippen LogP contribution < -0.4 is 10.9 Å². The minimum atomic E-state index is -0.261. The minimum Gasteiger partial charge on any atom is -0.356 e. The first-order valence-corrected chi connectivity index (χ1v) is 10.4. The van der Waals surface area contributed by atoms with Gasteiger partial charge in [0.2, 0.25) is 17.6 Å². The van der Waals surface area contributed by atoms with Gasteiger partial charge in [-0.2, -0.15) is 4.98 Å². The molecule has 2 N–H and O–H groups in total. The van der Waals surface area contributed by atoms with Gasteiger partial charge < -0.3 is 14.8 Å². The quantitative estimate of drug-likeness (QED) is 0.457. The third-order valence-corrected chi connectivity index (χ3v) is 5.08. The van der Waals surface area contributed by atoms with Crippen LogP contribution in [0, 0.1) is 6.92 Å². The van der Waals surface area contributed by atoms with Crippen molar-refractivity contribution in [2.24, 2.45) is 0 Å². The Bertz CT molecular complexity index is 1240. The van der Waals surface area contributed by atoms with Crippen LogP contribution in [-0.2, 0) is 17.6 Å². The average molecular weight is 416 g/mol. The van der Waals surface area contributed by atoms with Crippen LogP contribution in [0.15, 0.2) is 63.9 Å². The molecule has 2 heterocycles. The van der Waals surface area contributed by atoms with Gasteiger partial charge in [0.15, 0.2) is 0 Å². The summed E-state index contributed by atoms with van der Waals surface area (Å²) in [5, 5.41) is 7.77. The van der Waals surface area contributed by atoms with Gasteiger partial charge in [0.1, 0.15) is 0 Å². The van der Waals surface area contributed by atoms with Crippen molar-refractivity contribution in [2.75, 3.05) is 6.54 Å². The fraction of sp³-hybridized carbons (Fsp3) is 0.250. The molecule has 0 aliphatic carbocycles. The summed E-state index contributed by atoms with van der Waals surface area (Å²) in [4.78, 5) is 31.7. The molecule has 0 atom stereocenters. The zero-order valence-corrected chi connectivity index (χ0v) is 17.4. The van der Waals surface area contributed by atoms with E-state index in [0.29, 0.717) is 37.3 Å². The predicted molar refractivity (Wildman–Crippen MR) is 119 cm³/mol. The van der Waals surface area contributed by atoms with Crippen molar-refractivity contribution in [1.29, 1.82) is 0 Å². The highest BCUT2D eigenvalue weighted by Gasteiger charge is 2.14. The highest BCUT2D eigenvalue weighted by Crippen LogP contribution is 2.18. The molecule has 158 valence electrons. The molecule has 7 nitrogen and oxygen atoms in total. The van der Waals surface area contributed by atoms with Crippen LogP contribution in [0.4, 0.5) is 0 Å². The normalized spacial score (nSPS) is 11.0. The average Bonchev–Trinajstić information content (AvgIpc) is 3.22. The maximum absolute atomic E-state index is 12.4. The number of nitrogens with zero attached hydrogens (tertiary/aromatic N) is 2. The molecular weight excluding hydrogens is 392 g/mol. The Balaban J connectivity index is 1.30. The van der Waals surface area contributed by atoms with Crippen LogP contribution in [0.25, 0.3) is 22.3 Å². The summed E-state index contributed by atoms with van der Waals surface area (Å²) in [6.07, 6.45) is 2.25. The van der Waals surface area contributed by atoms with E-state index in [1.54, 1.807) is 6.07 Å². The third kappa shape index (κ3) is 5.25. The lowest BCUT2D eigenvalue weighted by atomic mass is 10.1. The van der Waals surface area contributed by atoms with E-state index < -0.39 is 0 Å². The number of hydrogen-bond donors (Lipinski definition) is 2. The van der Waals surface area contributed by atoms with E-state index in [-0.39, 0.29) is 17.3 Å². The Morgan fingerprint density at radius 1 is 1.10 bits per heavy atom. The maximum atomic E-state index is 12.4. The van der Waals surface area contributed by atoms with Gasteiger partial charge >= 0.3 is 0 Å². The summed E-state index contributed by atoms with van der Waals surface area (Å²) >= 11 is 0. The van der Waals surface area contributed by atoms with Gasteiger partial charge in [-0.1, -0.05) is 47.6 Å². The van der Waals surface area contributed by atoms with Gasteiger partial charge in [-0.15, -0.1) is 0 Å². The molecule has 0 saturated heterocycles. The number of aromatic amines is 1.